The van der Waals surface area contributed by atoms with Gasteiger partial charge in [0, 0.05) is 51.8 Å². The fourth-order valence-corrected chi connectivity index (χ4v) is 5.27. The lowest BCUT2D eigenvalue weighted by Gasteiger charge is -2.18. The van der Waals surface area contributed by atoms with Crippen molar-refractivity contribution in [2.75, 3.05) is 25.0 Å². The summed E-state index contributed by atoms with van der Waals surface area (Å²) >= 11 is 0. The van der Waals surface area contributed by atoms with E-state index in [0.717, 1.165) is 52.9 Å². The monoisotopic (exact) mass is 544 g/mol. The number of benzene rings is 1. The van der Waals surface area contributed by atoms with E-state index in [2.05, 4.69) is 29.9 Å². The third-order valence-electron chi connectivity index (χ3n) is 6.77. The minimum atomic E-state index is -1.12. The number of hydrogen-bond donors (Lipinski definition) is 1. The fraction of sp³-hybridized carbons (Fsp3) is 0.379. The molecule has 1 saturated heterocycles. The van der Waals surface area contributed by atoms with E-state index in [4.69, 9.17) is 19.4 Å². The number of rotatable bonds is 10. The average Bonchev–Trinajstić information content (AvgIpc) is 3.57. The summed E-state index contributed by atoms with van der Waals surface area (Å²) in [5, 5.41) is 3.52. The number of anilines is 1. The third-order valence-corrected chi connectivity index (χ3v) is 8.47. The second kappa shape index (κ2) is 12.0. The van der Waals surface area contributed by atoms with E-state index in [1.54, 1.807) is 17.3 Å². The maximum atomic E-state index is 12.6. The maximum absolute atomic E-state index is 12.6. The van der Waals surface area contributed by atoms with Crippen molar-refractivity contribution in [3.8, 4) is 11.3 Å². The largest absolute Gasteiger partial charge is 0.445 e. The quantitative estimate of drug-likeness (QED) is 0.204. The molecule has 0 bridgehead atoms. The van der Waals surface area contributed by atoms with Crippen LogP contribution in [0.5, 0.6) is 0 Å². The number of nitrogens with one attached hydrogen (secondary N) is 1. The summed E-state index contributed by atoms with van der Waals surface area (Å²) in [7, 11) is -1.12. The summed E-state index contributed by atoms with van der Waals surface area (Å²) in [6, 6.07) is 16.8. The van der Waals surface area contributed by atoms with Gasteiger partial charge in [0.2, 0.25) is 0 Å². The lowest BCUT2D eigenvalue weighted by molar-refractivity contribution is 0.0899. The van der Waals surface area contributed by atoms with Gasteiger partial charge in [0.15, 0.2) is 5.65 Å². The van der Waals surface area contributed by atoms with Gasteiger partial charge in [-0.25, -0.2) is 19.7 Å². The number of amides is 1. The molecule has 3 aromatic heterocycles. The molecule has 10 heteroatoms. The number of nitrogens with zero attached hydrogens (tertiary/aromatic N) is 5. The Morgan fingerprint density at radius 1 is 1.10 bits per heavy atom. The Labute approximate surface area is 230 Å². The smallest absolute Gasteiger partial charge is 0.410 e. The van der Waals surface area contributed by atoms with Crippen LogP contribution in [0.1, 0.15) is 12.0 Å². The molecule has 1 N–H and O–H groups in total. The highest BCUT2D eigenvalue weighted by molar-refractivity contribution is 6.76. The van der Waals surface area contributed by atoms with E-state index < -0.39 is 8.07 Å². The molecule has 1 atom stereocenters. The second-order valence-corrected chi connectivity index (χ2v) is 16.7. The molecule has 0 spiro atoms. The normalized spacial score (nSPS) is 15.6. The number of ether oxygens (including phenoxy) is 2. The molecule has 39 heavy (non-hydrogen) atoms. The number of fused-ring (bicyclic) bond motifs is 1. The van der Waals surface area contributed by atoms with Crippen molar-refractivity contribution in [1.82, 2.24) is 24.4 Å². The summed E-state index contributed by atoms with van der Waals surface area (Å²) < 4.78 is 13.4. The van der Waals surface area contributed by atoms with Crippen molar-refractivity contribution in [3.63, 3.8) is 0 Å². The van der Waals surface area contributed by atoms with Crippen LogP contribution in [-0.4, -0.2) is 64.3 Å². The SMILES string of the molecule is C[Si](C)(C)CCOCn1ccc2nc(-c3cccnc3NC3CCN(C(=O)OCc4ccccc4)C3)cnc21. The number of likely N-dealkylation sites (tertiary alicyclic amines) is 1. The topological polar surface area (TPSA) is 94.4 Å². The summed E-state index contributed by atoms with van der Waals surface area (Å²) in [5.41, 5.74) is 4.19. The van der Waals surface area contributed by atoms with Crippen LogP contribution >= 0.6 is 0 Å². The highest BCUT2D eigenvalue weighted by atomic mass is 28.3. The van der Waals surface area contributed by atoms with Gasteiger partial charge in [-0.1, -0.05) is 50.0 Å². The minimum absolute atomic E-state index is 0.0639. The fourth-order valence-electron chi connectivity index (χ4n) is 4.51. The first-order chi connectivity index (χ1) is 18.9. The van der Waals surface area contributed by atoms with Gasteiger partial charge in [-0.15, -0.1) is 0 Å². The molecule has 1 amide bonds. The summed E-state index contributed by atoms with van der Waals surface area (Å²) in [5.74, 6) is 0.727. The van der Waals surface area contributed by atoms with Gasteiger partial charge in [0.05, 0.1) is 11.9 Å². The van der Waals surface area contributed by atoms with Gasteiger partial charge in [-0.2, -0.15) is 0 Å². The molecular weight excluding hydrogens is 508 g/mol. The Balaban J connectivity index is 1.21. The van der Waals surface area contributed by atoms with Crippen LogP contribution in [0, 0.1) is 0 Å². The van der Waals surface area contributed by atoms with Crippen LogP contribution < -0.4 is 5.32 Å². The lowest BCUT2D eigenvalue weighted by atomic mass is 10.1. The Hall–Kier alpha value is -3.76. The Morgan fingerprint density at radius 3 is 2.77 bits per heavy atom. The molecule has 9 nitrogen and oxygen atoms in total. The molecule has 204 valence electrons. The number of pyridine rings is 1. The van der Waals surface area contributed by atoms with Crippen molar-refractivity contribution in [2.45, 2.75) is 51.5 Å². The lowest BCUT2D eigenvalue weighted by Crippen LogP contribution is -2.32. The van der Waals surface area contributed by atoms with Gasteiger partial charge in [-0.05, 0) is 36.2 Å². The Morgan fingerprint density at radius 2 is 1.95 bits per heavy atom. The predicted molar refractivity (Wildman–Crippen MR) is 155 cm³/mol. The van der Waals surface area contributed by atoms with Crippen LogP contribution in [0.25, 0.3) is 22.4 Å². The zero-order valence-electron chi connectivity index (χ0n) is 22.8. The number of hydrogen-bond acceptors (Lipinski definition) is 7. The number of aromatic nitrogens is 4. The van der Waals surface area contributed by atoms with Crippen molar-refractivity contribution < 1.29 is 14.3 Å². The van der Waals surface area contributed by atoms with Crippen molar-refractivity contribution >= 4 is 31.1 Å². The zero-order valence-corrected chi connectivity index (χ0v) is 23.8. The molecule has 1 aliphatic rings. The molecular formula is C29H36N6O3Si. The van der Waals surface area contributed by atoms with Gasteiger partial charge in [-0.3, -0.25) is 0 Å². The van der Waals surface area contributed by atoms with E-state index in [9.17, 15) is 4.79 Å². The Kier molecular flexibility index (Phi) is 8.23. The van der Waals surface area contributed by atoms with E-state index in [-0.39, 0.29) is 18.7 Å². The molecule has 4 aromatic rings. The first kappa shape index (κ1) is 26.8. The highest BCUT2D eigenvalue weighted by Crippen LogP contribution is 2.27. The van der Waals surface area contributed by atoms with E-state index >= 15 is 0 Å². The third kappa shape index (κ3) is 7.01. The first-order valence-electron chi connectivity index (χ1n) is 13.4. The molecule has 0 radical (unpaired) electrons. The molecule has 1 aliphatic heterocycles. The van der Waals surface area contributed by atoms with E-state index in [0.29, 0.717) is 19.8 Å². The minimum Gasteiger partial charge on any atom is -0.445 e. The number of carbonyl (C=O) groups excluding carboxylic acids is 1. The molecule has 1 aromatic carbocycles. The van der Waals surface area contributed by atoms with Gasteiger partial charge in [0.1, 0.15) is 24.7 Å². The summed E-state index contributed by atoms with van der Waals surface area (Å²) in [6.07, 6.45) is 6.02. The molecule has 4 heterocycles. The van der Waals surface area contributed by atoms with Crippen molar-refractivity contribution in [2.24, 2.45) is 0 Å². The molecule has 0 aliphatic carbocycles. The standard InChI is InChI=1S/C29H36N6O3Si/c1-39(2,3)17-16-37-21-35-15-12-25-28(35)31-18-26(33-25)24-10-7-13-30-27(24)32-23-11-14-34(19-23)29(36)38-20-22-8-5-4-6-9-22/h4-10,12-13,15,18,23H,11,14,16-17,19-21H2,1-3H3,(H,30,32). The van der Waals surface area contributed by atoms with Crippen LogP contribution in [0.3, 0.4) is 0 Å². The van der Waals surface area contributed by atoms with Crippen molar-refractivity contribution in [1.29, 1.82) is 0 Å². The van der Waals surface area contributed by atoms with Gasteiger partial charge in [0.25, 0.3) is 0 Å². The van der Waals surface area contributed by atoms with Crippen LogP contribution in [0.2, 0.25) is 25.7 Å². The summed E-state index contributed by atoms with van der Waals surface area (Å²) in [6.45, 7) is 9.72. The molecule has 1 fully saturated rings. The van der Waals surface area contributed by atoms with E-state index in [1.165, 1.54) is 0 Å². The van der Waals surface area contributed by atoms with Crippen LogP contribution in [0.4, 0.5) is 10.6 Å². The maximum Gasteiger partial charge on any atom is 0.410 e. The zero-order chi connectivity index (χ0) is 27.2. The average molecular weight is 545 g/mol. The van der Waals surface area contributed by atoms with Crippen LogP contribution in [0.15, 0.2) is 67.1 Å². The molecule has 5 rings (SSSR count). The highest BCUT2D eigenvalue weighted by Gasteiger charge is 2.28. The first-order valence-corrected chi connectivity index (χ1v) is 17.1. The van der Waals surface area contributed by atoms with Gasteiger partial charge >= 0.3 is 6.09 Å². The summed E-state index contributed by atoms with van der Waals surface area (Å²) in [4.78, 5) is 28.5. The van der Waals surface area contributed by atoms with Crippen molar-refractivity contribution in [3.05, 3.63) is 72.7 Å². The second-order valence-electron chi connectivity index (χ2n) is 11.1. The molecule has 1 unspecified atom stereocenters. The molecule has 0 saturated carbocycles. The van der Waals surface area contributed by atoms with E-state index in [1.807, 2.05) is 59.3 Å². The van der Waals surface area contributed by atoms with Crippen LogP contribution in [-0.2, 0) is 22.8 Å². The predicted octanol–water partition coefficient (Wildman–Crippen LogP) is 5.63. The Bertz CT molecular complexity index is 1410. The van der Waals surface area contributed by atoms with Gasteiger partial charge < -0.3 is 24.3 Å². The number of carbonyl (C=O) groups is 1.